The van der Waals surface area contributed by atoms with Crippen LogP contribution in [0, 0.1) is 5.41 Å². The molecule has 146 valence electrons. The first-order chi connectivity index (χ1) is 11.3. The molecule has 2 aliphatic rings. The Bertz CT molecular complexity index is 478. The van der Waals surface area contributed by atoms with E-state index in [-0.39, 0.29) is 28.4 Å². The average Bonchev–Trinajstić information content (AvgIpc) is 2.75. The molecule has 1 amide bonds. The Kier molecular flexibility index (Phi) is 6.04. The molecule has 7 heteroatoms. The molecule has 0 aromatic heterocycles. The Labute approximate surface area is 155 Å². The summed E-state index contributed by atoms with van der Waals surface area (Å²) in [5.74, 6) is 0. The Morgan fingerprint density at radius 3 is 2.28 bits per heavy atom. The monoisotopic (exact) mass is 374 g/mol. The zero-order chi connectivity index (χ0) is 19.0. The molecule has 2 fully saturated rings. The zero-order valence-corrected chi connectivity index (χ0v) is 17.5. The molecule has 2 saturated heterocycles. The van der Waals surface area contributed by atoms with E-state index in [9.17, 15) is 9.35 Å². The van der Waals surface area contributed by atoms with Crippen LogP contribution in [-0.4, -0.2) is 57.7 Å². The van der Waals surface area contributed by atoms with E-state index in [1.54, 1.807) is 4.90 Å². The lowest BCUT2D eigenvalue weighted by atomic mass is 9.73. The molecule has 0 saturated carbocycles. The van der Waals surface area contributed by atoms with Gasteiger partial charge in [0.05, 0.1) is 18.8 Å². The second kappa shape index (κ2) is 7.25. The number of ether oxygens (including phenoxy) is 2. The lowest BCUT2D eigenvalue weighted by molar-refractivity contribution is 0.00644. The summed E-state index contributed by atoms with van der Waals surface area (Å²) in [4.78, 5) is 14.1. The summed E-state index contributed by atoms with van der Waals surface area (Å²) in [6.45, 7) is 15.5. The van der Waals surface area contributed by atoms with Crippen molar-refractivity contribution in [3.63, 3.8) is 0 Å². The molecule has 0 aromatic rings. The number of carbonyl (C=O) groups is 1. The third-order valence-electron chi connectivity index (χ3n) is 4.96. The minimum absolute atomic E-state index is 0.0133. The molecule has 0 aromatic carbocycles. The molecule has 25 heavy (non-hydrogen) atoms. The summed E-state index contributed by atoms with van der Waals surface area (Å²) in [6.07, 6.45) is 1.42. The molecule has 0 bridgehead atoms. The summed E-state index contributed by atoms with van der Waals surface area (Å²) >= 11 is -1.14. The van der Waals surface area contributed by atoms with Gasteiger partial charge in [0, 0.05) is 29.9 Å². The third-order valence-corrected chi connectivity index (χ3v) is 6.54. The van der Waals surface area contributed by atoms with Gasteiger partial charge in [-0.15, -0.1) is 4.72 Å². The van der Waals surface area contributed by atoms with Crippen LogP contribution in [0.4, 0.5) is 4.79 Å². The van der Waals surface area contributed by atoms with Crippen molar-refractivity contribution in [1.29, 1.82) is 0 Å². The third kappa shape index (κ3) is 5.02. The summed E-state index contributed by atoms with van der Waals surface area (Å²) in [7, 11) is 0. The highest BCUT2D eigenvalue weighted by atomic mass is 32.2. The smallest absolute Gasteiger partial charge is 0.410 e. The maximum Gasteiger partial charge on any atom is 0.410 e. The number of hydrogen-bond donors (Lipinski definition) is 1. The minimum atomic E-state index is -1.14. The van der Waals surface area contributed by atoms with Crippen LogP contribution in [-0.2, 0) is 20.8 Å². The summed E-state index contributed by atoms with van der Waals surface area (Å²) in [5.41, 5.74) is -0.552. The highest BCUT2D eigenvalue weighted by Crippen LogP contribution is 2.43. The second-order valence-corrected chi connectivity index (χ2v) is 11.3. The quantitative estimate of drug-likeness (QED) is 0.753. The van der Waals surface area contributed by atoms with E-state index in [0.29, 0.717) is 19.7 Å². The molecule has 2 rings (SSSR count). The lowest BCUT2D eigenvalue weighted by Crippen LogP contribution is -2.57. The number of piperidine rings is 1. The Hall–Kier alpha value is -0.500. The van der Waals surface area contributed by atoms with Gasteiger partial charge in [0.2, 0.25) is 0 Å². The average molecular weight is 375 g/mol. The molecule has 1 N–H and O–H groups in total. The molecule has 2 aliphatic heterocycles. The molecule has 3 atom stereocenters. The van der Waals surface area contributed by atoms with Crippen molar-refractivity contribution in [2.75, 3.05) is 19.7 Å². The van der Waals surface area contributed by atoms with E-state index in [1.165, 1.54) is 0 Å². The van der Waals surface area contributed by atoms with Gasteiger partial charge in [-0.3, -0.25) is 0 Å². The molecular formula is C18H34N2O4S. The van der Waals surface area contributed by atoms with Gasteiger partial charge in [0.15, 0.2) is 0 Å². The molecule has 2 heterocycles. The standard InChI is InChI=1S/C18H34N2O4S/c1-13-14(19-25(22)17(5,6)7)18(12-23-13)8-10-20(11-9-18)15(21)24-16(2,3)4/h13-14,19H,8-12H2,1-7H3/t13-,14+,25?/m0/s1. The maximum absolute atomic E-state index is 12.6. The van der Waals surface area contributed by atoms with Crippen LogP contribution in [0.1, 0.15) is 61.3 Å². The normalized spacial score (nSPS) is 28.2. The van der Waals surface area contributed by atoms with Crippen LogP contribution in [0.15, 0.2) is 0 Å². The topological polar surface area (TPSA) is 73.9 Å². The number of carbonyl (C=O) groups excluding carboxylic acids is 1. The van der Waals surface area contributed by atoms with Crippen LogP contribution in [0.5, 0.6) is 0 Å². The number of nitrogens with zero attached hydrogens (tertiary/aromatic N) is 1. The van der Waals surface area contributed by atoms with E-state index >= 15 is 0 Å². The first kappa shape index (κ1) is 20.8. The highest BCUT2D eigenvalue weighted by molar-refractivity contribution is 7.90. The molecule has 0 radical (unpaired) electrons. The van der Waals surface area contributed by atoms with Crippen molar-refractivity contribution in [2.24, 2.45) is 5.41 Å². The van der Waals surface area contributed by atoms with Crippen molar-refractivity contribution in [1.82, 2.24) is 9.62 Å². The van der Waals surface area contributed by atoms with Crippen LogP contribution in [0.3, 0.4) is 0 Å². The van der Waals surface area contributed by atoms with Gasteiger partial charge in [-0.2, -0.15) is 0 Å². The number of hydrogen-bond acceptors (Lipinski definition) is 5. The lowest BCUT2D eigenvalue weighted by Gasteiger charge is -2.43. The van der Waals surface area contributed by atoms with Gasteiger partial charge < -0.3 is 18.9 Å². The molecule has 1 spiro atoms. The van der Waals surface area contributed by atoms with Gasteiger partial charge in [-0.05, 0) is 61.3 Å². The summed E-state index contributed by atoms with van der Waals surface area (Å²) in [5, 5.41) is 0. The largest absolute Gasteiger partial charge is 0.598 e. The van der Waals surface area contributed by atoms with Gasteiger partial charge in [0.25, 0.3) is 0 Å². The Balaban J connectivity index is 2.01. The fraction of sp³-hybridized carbons (Fsp3) is 0.944. The maximum atomic E-state index is 12.6. The fourth-order valence-electron chi connectivity index (χ4n) is 3.41. The van der Waals surface area contributed by atoms with Gasteiger partial charge >= 0.3 is 6.09 Å². The van der Waals surface area contributed by atoms with E-state index in [1.807, 2.05) is 48.5 Å². The number of likely N-dealkylation sites (tertiary alicyclic amines) is 1. The second-order valence-electron chi connectivity index (χ2n) is 9.32. The van der Waals surface area contributed by atoms with E-state index in [0.717, 1.165) is 12.8 Å². The Morgan fingerprint density at radius 2 is 1.80 bits per heavy atom. The van der Waals surface area contributed by atoms with E-state index in [4.69, 9.17) is 9.47 Å². The van der Waals surface area contributed by atoms with Crippen molar-refractivity contribution in [3.05, 3.63) is 0 Å². The number of amides is 1. The van der Waals surface area contributed by atoms with Crippen molar-refractivity contribution in [2.45, 2.75) is 83.8 Å². The minimum Gasteiger partial charge on any atom is -0.598 e. The number of nitrogens with one attached hydrogen (secondary N) is 1. The molecule has 1 unspecified atom stereocenters. The SMILES string of the molecule is C[C@@H]1OCC2(CCN(C(=O)OC(C)(C)C)CC2)[C@@H]1N[S+]([O-])C(C)(C)C. The van der Waals surface area contributed by atoms with Crippen LogP contribution in [0.25, 0.3) is 0 Å². The van der Waals surface area contributed by atoms with Crippen LogP contribution in [0.2, 0.25) is 0 Å². The molecule has 6 nitrogen and oxygen atoms in total. The number of rotatable bonds is 2. The van der Waals surface area contributed by atoms with Gasteiger partial charge in [-0.1, -0.05) is 0 Å². The van der Waals surface area contributed by atoms with Crippen LogP contribution < -0.4 is 4.72 Å². The van der Waals surface area contributed by atoms with E-state index in [2.05, 4.69) is 4.72 Å². The van der Waals surface area contributed by atoms with E-state index < -0.39 is 17.0 Å². The first-order valence-corrected chi connectivity index (χ1v) is 10.3. The molecular weight excluding hydrogens is 340 g/mol. The van der Waals surface area contributed by atoms with Gasteiger partial charge in [0.1, 0.15) is 10.3 Å². The predicted molar refractivity (Wildman–Crippen MR) is 99.7 cm³/mol. The summed E-state index contributed by atoms with van der Waals surface area (Å²) < 4.78 is 27.0. The Morgan fingerprint density at radius 1 is 1.24 bits per heavy atom. The fourth-order valence-corrected chi connectivity index (χ4v) is 4.44. The van der Waals surface area contributed by atoms with Crippen molar-refractivity contribution in [3.8, 4) is 0 Å². The van der Waals surface area contributed by atoms with Crippen molar-refractivity contribution >= 4 is 17.5 Å². The first-order valence-electron chi connectivity index (χ1n) is 9.12. The highest BCUT2D eigenvalue weighted by Gasteiger charge is 2.52. The summed E-state index contributed by atoms with van der Waals surface area (Å²) in [6, 6.07) is 0.0355. The molecule has 0 aliphatic carbocycles. The van der Waals surface area contributed by atoms with Crippen LogP contribution >= 0.6 is 0 Å². The predicted octanol–water partition coefficient (Wildman–Crippen LogP) is 2.84. The van der Waals surface area contributed by atoms with Crippen molar-refractivity contribution < 1.29 is 18.8 Å². The zero-order valence-electron chi connectivity index (χ0n) is 16.7. The van der Waals surface area contributed by atoms with Gasteiger partial charge in [-0.25, -0.2) is 4.79 Å².